The Kier molecular flexibility index (Phi) is 2.53. The number of hydrogen-bond acceptors (Lipinski definition) is 1. The van der Waals surface area contributed by atoms with Crippen molar-refractivity contribution in [1.29, 1.82) is 0 Å². The summed E-state index contributed by atoms with van der Waals surface area (Å²) in [6.45, 7) is 4.35. The second-order valence-corrected chi connectivity index (χ2v) is 3.81. The number of aryl methyl sites for hydroxylation is 2. The van der Waals surface area contributed by atoms with E-state index in [2.05, 4.69) is 35.9 Å². The standard InChI is InChI=1S/C12H16N2/c1-3-4-5-10-6-9(2)12-11(7-10)13-8-14-12/h6-8H,3-5H2,1-2H3,(H,13,14). The van der Waals surface area contributed by atoms with Crippen LogP contribution in [0, 0.1) is 6.92 Å². The van der Waals surface area contributed by atoms with Gasteiger partial charge in [-0.3, -0.25) is 0 Å². The Bertz CT molecular complexity index is 429. The molecule has 2 nitrogen and oxygen atoms in total. The van der Waals surface area contributed by atoms with Crippen molar-refractivity contribution in [2.24, 2.45) is 0 Å². The van der Waals surface area contributed by atoms with E-state index in [1.807, 2.05) is 0 Å². The quantitative estimate of drug-likeness (QED) is 0.787. The third-order valence-corrected chi connectivity index (χ3v) is 2.59. The normalized spacial score (nSPS) is 11.0. The third kappa shape index (κ3) is 1.65. The highest BCUT2D eigenvalue weighted by atomic mass is 14.9. The number of aromatic amines is 1. The van der Waals surface area contributed by atoms with E-state index < -0.39 is 0 Å². The third-order valence-electron chi connectivity index (χ3n) is 2.59. The molecule has 0 aliphatic carbocycles. The van der Waals surface area contributed by atoms with E-state index in [9.17, 15) is 0 Å². The van der Waals surface area contributed by atoms with E-state index in [0.717, 1.165) is 11.0 Å². The van der Waals surface area contributed by atoms with E-state index in [0.29, 0.717) is 0 Å². The van der Waals surface area contributed by atoms with Crippen molar-refractivity contribution in [3.63, 3.8) is 0 Å². The molecule has 0 fully saturated rings. The van der Waals surface area contributed by atoms with Crippen LogP contribution in [-0.2, 0) is 6.42 Å². The molecule has 0 spiro atoms. The number of H-pyrrole nitrogens is 1. The van der Waals surface area contributed by atoms with Gasteiger partial charge in [-0.2, -0.15) is 0 Å². The highest BCUT2D eigenvalue weighted by molar-refractivity contribution is 5.78. The molecule has 0 radical (unpaired) electrons. The van der Waals surface area contributed by atoms with Crippen molar-refractivity contribution < 1.29 is 0 Å². The van der Waals surface area contributed by atoms with Gasteiger partial charge in [0.15, 0.2) is 0 Å². The molecule has 0 saturated carbocycles. The predicted octanol–water partition coefficient (Wildman–Crippen LogP) is 3.21. The highest BCUT2D eigenvalue weighted by Crippen LogP contribution is 2.18. The van der Waals surface area contributed by atoms with Crippen molar-refractivity contribution in [3.05, 3.63) is 29.6 Å². The van der Waals surface area contributed by atoms with Crippen LogP contribution in [0.25, 0.3) is 11.0 Å². The van der Waals surface area contributed by atoms with Gasteiger partial charge in [-0.25, -0.2) is 4.98 Å². The van der Waals surface area contributed by atoms with Crippen LogP contribution in [-0.4, -0.2) is 9.97 Å². The molecule has 0 aliphatic rings. The second kappa shape index (κ2) is 3.82. The molecular weight excluding hydrogens is 172 g/mol. The van der Waals surface area contributed by atoms with Crippen molar-refractivity contribution in [3.8, 4) is 0 Å². The predicted molar refractivity (Wildman–Crippen MR) is 59.4 cm³/mol. The smallest absolute Gasteiger partial charge is 0.0931 e. The Morgan fingerprint density at radius 2 is 2.21 bits per heavy atom. The number of unbranched alkanes of at least 4 members (excludes halogenated alkanes) is 1. The first-order valence-electron chi connectivity index (χ1n) is 5.24. The Morgan fingerprint density at radius 1 is 1.36 bits per heavy atom. The maximum atomic E-state index is 4.28. The van der Waals surface area contributed by atoms with Crippen LogP contribution in [0.4, 0.5) is 0 Å². The summed E-state index contributed by atoms with van der Waals surface area (Å²) >= 11 is 0. The summed E-state index contributed by atoms with van der Waals surface area (Å²) < 4.78 is 0. The summed E-state index contributed by atoms with van der Waals surface area (Å²) in [5.41, 5.74) is 4.96. The maximum Gasteiger partial charge on any atom is 0.0931 e. The zero-order valence-corrected chi connectivity index (χ0v) is 8.80. The lowest BCUT2D eigenvalue weighted by Gasteiger charge is -2.02. The molecule has 2 rings (SSSR count). The molecule has 0 amide bonds. The summed E-state index contributed by atoms with van der Waals surface area (Å²) in [6, 6.07) is 4.46. The van der Waals surface area contributed by atoms with E-state index in [-0.39, 0.29) is 0 Å². The lowest BCUT2D eigenvalue weighted by molar-refractivity contribution is 0.795. The van der Waals surface area contributed by atoms with Crippen LogP contribution in [0.5, 0.6) is 0 Å². The van der Waals surface area contributed by atoms with Crippen LogP contribution in [0.15, 0.2) is 18.5 Å². The Hall–Kier alpha value is -1.31. The van der Waals surface area contributed by atoms with Gasteiger partial charge in [0, 0.05) is 0 Å². The van der Waals surface area contributed by atoms with Gasteiger partial charge < -0.3 is 4.98 Å². The molecule has 1 heterocycles. The Morgan fingerprint density at radius 3 is 3.00 bits per heavy atom. The van der Waals surface area contributed by atoms with Crippen LogP contribution in [0.3, 0.4) is 0 Å². The fourth-order valence-electron chi connectivity index (χ4n) is 1.83. The summed E-state index contributed by atoms with van der Waals surface area (Å²) in [4.78, 5) is 7.45. The average molecular weight is 188 g/mol. The first-order chi connectivity index (χ1) is 6.81. The molecule has 1 aromatic carbocycles. The highest BCUT2D eigenvalue weighted by Gasteiger charge is 2.02. The molecule has 0 saturated heterocycles. The lowest BCUT2D eigenvalue weighted by atomic mass is 10.0. The molecule has 74 valence electrons. The van der Waals surface area contributed by atoms with E-state index in [4.69, 9.17) is 0 Å². The first-order valence-corrected chi connectivity index (χ1v) is 5.24. The Balaban J connectivity index is 2.38. The maximum absolute atomic E-state index is 4.28. The van der Waals surface area contributed by atoms with Crippen molar-refractivity contribution in [2.75, 3.05) is 0 Å². The molecule has 2 aromatic rings. The SMILES string of the molecule is CCCCc1cc(C)c2nc[nH]c2c1. The molecule has 14 heavy (non-hydrogen) atoms. The summed E-state index contributed by atoms with van der Waals surface area (Å²) in [5, 5.41) is 0. The number of nitrogens with one attached hydrogen (secondary N) is 1. The minimum atomic E-state index is 1.10. The number of benzene rings is 1. The zero-order valence-electron chi connectivity index (χ0n) is 8.80. The van der Waals surface area contributed by atoms with Gasteiger partial charge >= 0.3 is 0 Å². The van der Waals surface area contributed by atoms with Gasteiger partial charge in [-0.1, -0.05) is 19.4 Å². The molecule has 1 aromatic heterocycles. The van der Waals surface area contributed by atoms with Gasteiger partial charge in [0.2, 0.25) is 0 Å². The van der Waals surface area contributed by atoms with Crippen LogP contribution < -0.4 is 0 Å². The minimum absolute atomic E-state index is 1.10. The molecule has 0 aliphatic heterocycles. The number of aromatic nitrogens is 2. The van der Waals surface area contributed by atoms with Crippen LogP contribution >= 0.6 is 0 Å². The fraction of sp³-hybridized carbons (Fsp3) is 0.417. The molecule has 2 heteroatoms. The molecule has 1 N–H and O–H groups in total. The van der Waals surface area contributed by atoms with E-state index in [1.54, 1.807) is 6.33 Å². The van der Waals surface area contributed by atoms with Gasteiger partial charge in [-0.05, 0) is 37.0 Å². The second-order valence-electron chi connectivity index (χ2n) is 3.81. The summed E-state index contributed by atoms with van der Waals surface area (Å²) in [7, 11) is 0. The number of rotatable bonds is 3. The van der Waals surface area contributed by atoms with E-state index in [1.165, 1.54) is 30.4 Å². The molecule has 0 atom stereocenters. The monoisotopic (exact) mass is 188 g/mol. The van der Waals surface area contributed by atoms with Gasteiger partial charge in [-0.15, -0.1) is 0 Å². The summed E-state index contributed by atoms with van der Waals surface area (Å²) in [6.07, 6.45) is 5.45. The zero-order chi connectivity index (χ0) is 9.97. The number of hydrogen-bond donors (Lipinski definition) is 1. The number of fused-ring (bicyclic) bond motifs is 1. The largest absolute Gasteiger partial charge is 0.345 e. The van der Waals surface area contributed by atoms with Gasteiger partial charge in [0.1, 0.15) is 0 Å². The minimum Gasteiger partial charge on any atom is -0.345 e. The summed E-state index contributed by atoms with van der Waals surface area (Å²) in [5.74, 6) is 0. The molecular formula is C12H16N2. The fourth-order valence-corrected chi connectivity index (χ4v) is 1.83. The molecule has 0 bridgehead atoms. The average Bonchev–Trinajstić information content (AvgIpc) is 2.63. The van der Waals surface area contributed by atoms with Crippen molar-refractivity contribution in [2.45, 2.75) is 33.1 Å². The van der Waals surface area contributed by atoms with E-state index >= 15 is 0 Å². The first kappa shape index (κ1) is 9.25. The van der Waals surface area contributed by atoms with Crippen LogP contribution in [0.2, 0.25) is 0 Å². The number of imidazole rings is 1. The number of nitrogens with zero attached hydrogens (tertiary/aromatic N) is 1. The molecule has 0 unspecified atom stereocenters. The van der Waals surface area contributed by atoms with Gasteiger partial charge in [0.25, 0.3) is 0 Å². The van der Waals surface area contributed by atoms with Crippen LogP contribution in [0.1, 0.15) is 30.9 Å². The van der Waals surface area contributed by atoms with Gasteiger partial charge in [0.05, 0.1) is 17.4 Å². The lowest BCUT2D eigenvalue weighted by Crippen LogP contribution is -1.87. The topological polar surface area (TPSA) is 28.7 Å². The van der Waals surface area contributed by atoms with Crippen molar-refractivity contribution in [1.82, 2.24) is 9.97 Å². The Labute approximate surface area is 84.4 Å². The van der Waals surface area contributed by atoms with Crippen molar-refractivity contribution >= 4 is 11.0 Å².